The van der Waals surface area contributed by atoms with E-state index in [9.17, 15) is 13.2 Å². The van der Waals surface area contributed by atoms with Crippen LogP contribution in [0.2, 0.25) is 0 Å². The van der Waals surface area contributed by atoms with Crippen LogP contribution in [-0.2, 0) is 13.0 Å². The van der Waals surface area contributed by atoms with Crippen molar-refractivity contribution in [2.24, 2.45) is 5.73 Å². The van der Waals surface area contributed by atoms with Crippen molar-refractivity contribution in [1.82, 2.24) is 4.57 Å². The van der Waals surface area contributed by atoms with Crippen LogP contribution in [-0.4, -0.2) is 10.7 Å². The predicted molar refractivity (Wildman–Crippen MR) is 59.7 cm³/mol. The fraction of sp³-hybridized carbons (Fsp3) is 0.667. The highest BCUT2D eigenvalue weighted by Gasteiger charge is 2.28. The quantitative estimate of drug-likeness (QED) is 0.854. The summed E-state index contributed by atoms with van der Waals surface area (Å²) in [6.45, 7) is 1.86. The summed E-state index contributed by atoms with van der Waals surface area (Å²) in [5, 5.41) is 0. The molecule has 2 N–H and O–H groups in total. The zero-order chi connectivity index (χ0) is 12.6. The minimum Gasteiger partial charge on any atom is -0.348 e. The highest BCUT2D eigenvalue weighted by atomic mass is 19.4. The average Bonchev–Trinajstić information content (AvgIpc) is 2.52. The molecule has 0 aliphatic heterocycles. The first-order valence-electron chi connectivity index (χ1n) is 5.90. The Morgan fingerprint density at radius 2 is 2.18 bits per heavy atom. The fourth-order valence-corrected chi connectivity index (χ4v) is 2.55. The summed E-state index contributed by atoms with van der Waals surface area (Å²) in [7, 11) is 0. The van der Waals surface area contributed by atoms with Gasteiger partial charge in [0.2, 0.25) is 0 Å². The SMILES string of the molecule is Cc1cc2c(n1CCC(F)(F)F)CCCC2N. The maximum absolute atomic E-state index is 12.2. The lowest BCUT2D eigenvalue weighted by molar-refractivity contribution is -0.136. The number of fused-ring (bicyclic) bond motifs is 1. The van der Waals surface area contributed by atoms with Gasteiger partial charge >= 0.3 is 6.18 Å². The normalized spacial score (nSPS) is 20.4. The molecule has 0 bridgehead atoms. The van der Waals surface area contributed by atoms with Crippen molar-refractivity contribution in [3.8, 4) is 0 Å². The molecule has 1 heterocycles. The number of aromatic nitrogens is 1. The highest BCUT2D eigenvalue weighted by Crippen LogP contribution is 2.31. The van der Waals surface area contributed by atoms with Crippen molar-refractivity contribution in [2.75, 3.05) is 0 Å². The van der Waals surface area contributed by atoms with Crippen LogP contribution >= 0.6 is 0 Å². The topological polar surface area (TPSA) is 30.9 Å². The Hall–Kier alpha value is -0.970. The molecule has 0 saturated heterocycles. The van der Waals surface area contributed by atoms with E-state index in [0.717, 1.165) is 36.2 Å². The fourth-order valence-electron chi connectivity index (χ4n) is 2.55. The first-order valence-corrected chi connectivity index (χ1v) is 5.90. The van der Waals surface area contributed by atoms with Crippen LogP contribution in [0.15, 0.2) is 6.07 Å². The number of alkyl halides is 3. The molecule has 1 aliphatic carbocycles. The third-order valence-corrected chi connectivity index (χ3v) is 3.40. The number of nitrogens with zero attached hydrogens (tertiary/aromatic N) is 1. The van der Waals surface area contributed by atoms with Gasteiger partial charge in [-0.2, -0.15) is 13.2 Å². The number of aryl methyl sites for hydroxylation is 1. The van der Waals surface area contributed by atoms with Crippen LogP contribution in [0.5, 0.6) is 0 Å². The van der Waals surface area contributed by atoms with Gasteiger partial charge in [-0.15, -0.1) is 0 Å². The van der Waals surface area contributed by atoms with Crippen LogP contribution in [0, 0.1) is 6.92 Å². The van der Waals surface area contributed by atoms with Crippen LogP contribution in [0.1, 0.15) is 42.3 Å². The van der Waals surface area contributed by atoms with E-state index < -0.39 is 12.6 Å². The second kappa shape index (κ2) is 4.37. The van der Waals surface area contributed by atoms with Crippen LogP contribution in [0.4, 0.5) is 13.2 Å². The number of halogens is 3. The Kier molecular flexibility index (Phi) is 3.21. The van der Waals surface area contributed by atoms with E-state index in [-0.39, 0.29) is 12.6 Å². The molecule has 1 aliphatic rings. The lowest BCUT2D eigenvalue weighted by Crippen LogP contribution is -2.20. The van der Waals surface area contributed by atoms with E-state index >= 15 is 0 Å². The Morgan fingerprint density at radius 1 is 1.47 bits per heavy atom. The van der Waals surface area contributed by atoms with E-state index in [1.807, 2.05) is 13.0 Å². The third kappa shape index (κ3) is 2.65. The summed E-state index contributed by atoms with van der Waals surface area (Å²) in [4.78, 5) is 0. The monoisotopic (exact) mass is 246 g/mol. The largest absolute Gasteiger partial charge is 0.390 e. The standard InChI is InChI=1S/C12H17F3N2/c1-8-7-9-10(16)3-2-4-11(9)17(8)6-5-12(13,14)15/h7,10H,2-6,16H2,1H3. The first kappa shape index (κ1) is 12.5. The Balaban J connectivity index is 2.23. The van der Waals surface area contributed by atoms with Gasteiger partial charge in [0.1, 0.15) is 0 Å². The van der Waals surface area contributed by atoms with Gasteiger partial charge < -0.3 is 10.3 Å². The molecule has 0 saturated carbocycles. The van der Waals surface area contributed by atoms with Crippen LogP contribution in [0.3, 0.4) is 0 Å². The summed E-state index contributed by atoms with van der Waals surface area (Å²) < 4.78 is 38.5. The average molecular weight is 246 g/mol. The van der Waals surface area contributed by atoms with E-state index in [0.29, 0.717) is 0 Å². The molecule has 0 amide bonds. The minimum absolute atomic E-state index is 0.00964. The summed E-state index contributed by atoms with van der Waals surface area (Å²) in [5.74, 6) is 0. The summed E-state index contributed by atoms with van der Waals surface area (Å²) in [6, 6.07) is 1.93. The number of nitrogens with two attached hydrogens (primary N) is 1. The predicted octanol–water partition coefficient (Wildman–Crippen LogP) is 3.09. The van der Waals surface area contributed by atoms with Gasteiger partial charge in [-0.1, -0.05) is 0 Å². The molecule has 2 nitrogen and oxygen atoms in total. The van der Waals surface area contributed by atoms with Crippen molar-refractivity contribution < 1.29 is 13.2 Å². The third-order valence-electron chi connectivity index (χ3n) is 3.40. The molecule has 0 fully saturated rings. The number of hydrogen-bond acceptors (Lipinski definition) is 1. The van der Waals surface area contributed by atoms with Crippen molar-refractivity contribution in [3.05, 3.63) is 23.0 Å². The number of rotatable bonds is 2. The molecule has 1 aromatic heterocycles. The molecule has 5 heteroatoms. The molecule has 96 valence electrons. The Labute approximate surface area is 98.6 Å². The van der Waals surface area contributed by atoms with Crippen LogP contribution < -0.4 is 5.73 Å². The molecular formula is C12H17F3N2. The van der Waals surface area contributed by atoms with Gasteiger partial charge in [0.05, 0.1) is 6.42 Å². The molecule has 17 heavy (non-hydrogen) atoms. The van der Waals surface area contributed by atoms with Crippen molar-refractivity contribution in [3.63, 3.8) is 0 Å². The van der Waals surface area contributed by atoms with Gasteiger partial charge in [-0.25, -0.2) is 0 Å². The molecular weight excluding hydrogens is 229 g/mol. The van der Waals surface area contributed by atoms with Gasteiger partial charge in [0, 0.05) is 24.0 Å². The smallest absolute Gasteiger partial charge is 0.348 e. The van der Waals surface area contributed by atoms with Crippen molar-refractivity contribution in [2.45, 2.75) is 51.4 Å². The zero-order valence-corrected chi connectivity index (χ0v) is 9.85. The van der Waals surface area contributed by atoms with Gasteiger partial charge in [0.15, 0.2) is 0 Å². The second-order valence-corrected chi connectivity index (χ2v) is 4.70. The van der Waals surface area contributed by atoms with Crippen LogP contribution in [0.25, 0.3) is 0 Å². The first-order chi connectivity index (χ1) is 7.88. The second-order valence-electron chi connectivity index (χ2n) is 4.70. The molecule has 2 rings (SSSR count). The maximum Gasteiger partial charge on any atom is 0.390 e. The lowest BCUT2D eigenvalue weighted by Gasteiger charge is -2.21. The number of hydrogen-bond donors (Lipinski definition) is 1. The molecule has 0 aromatic carbocycles. The summed E-state index contributed by atoms with van der Waals surface area (Å²) >= 11 is 0. The van der Waals surface area contributed by atoms with E-state index in [1.165, 1.54) is 0 Å². The van der Waals surface area contributed by atoms with Gasteiger partial charge in [-0.05, 0) is 37.8 Å². The minimum atomic E-state index is -4.10. The van der Waals surface area contributed by atoms with Gasteiger partial charge in [0.25, 0.3) is 0 Å². The summed E-state index contributed by atoms with van der Waals surface area (Å²) in [5.41, 5.74) is 8.90. The highest BCUT2D eigenvalue weighted by molar-refractivity contribution is 5.32. The van der Waals surface area contributed by atoms with Crippen molar-refractivity contribution >= 4 is 0 Å². The van der Waals surface area contributed by atoms with E-state index in [1.54, 1.807) is 4.57 Å². The molecule has 1 atom stereocenters. The molecule has 1 aromatic rings. The lowest BCUT2D eigenvalue weighted by atomic mass is 9.93. The zero-order valence-electron chi connectivity index (χ0n) is 9.85. The van der Waals surface area contributed by atoms with Crippen molar-refractivity contribution in [1.29, 1.82) is 0 Å². The summed E-state index contributed by atoms with van der Waals surface area (Å²) in [6.07, 6.45) is -2.14. The molecule has 0 radical (unpaired) electrons. The van der Waals surface area contributed by atoms with Gasteiger partial charge in [-0.3, -0.25) is 0 Å². The van der Waals surface area contributed by atoms with E-state index in [2.05, 4.69) is 0 Å². The Bertz CT molecular complexity index is 407. The maximum atomic E-state index is 12.2. The Morgan fingerprint density at radius 3 is 2.82 bits per heavy atom. The van der Waals surface area contributed by atoms with E-state index in [4.69, 9.17) is 5.73 Å². The molecule has 1 unspecified atom stereocenters. The molecule has 0 spiro atoms.